The minimum absolute atomic E-state index is 0.595. The van der Waals surface area contributed by atoms with Gasteiger partial charge in [0.15, 0.2) is 0 Å². The van der Waals surface area contributed by atoms with Crippen molar-refractivity contribution < 1.29 is 9.84 Å². The Labute approximate surface area is 133 Å². The fourth-order valence-corrected chi connectivity index (χ4v) is 3.42. The molecule has 110 valence electrons. The van der Waals surface area contributed by atoms with Gasteiger partial charge < -0.3 is 9.84 Å². The highest BCUT2D eigenvalue weighted by atomic mass is 79.9. The molecule has 1 unspecified atom stereocenters. The Kier molecular flexibility index (Phi) is 4.32. The average molecular weight is 347 g/mol. The van der Waals surface area contributed by atoms with Gasteiger partial charge in [0.25, 0.3) is 0 Å². The van der Waals surface area contributed by atoms with Crippen molar-refractivity contribution in [2.45, 2.75) is 32.3 Å². The minimum Gasteiger partial charge on any atom is -0.493 e. The summed E-state index contributed by atoms with van der Waals surface area (Å²) in [4.78, 5) is 0. The zero-order chi connectivity index (χ0) is 14.8. The van der Waals surface area contributed by atoms with Gasteiger partial charge in [-0.2, -0.15) is 0 Å². The maximum absolute atomic E-state index is 10.6. The molecule has 0 radical (unpaired) electrons. The lowest BCUT2D eigenvalue weighted by Crippen LogP contribution is -2.01. The Morgan fingerprint density at radius 3 is 2.57 bits per heavy atom. The summed E-state index contributed by atoms with van der Waals surface area (Å²) in [5, 5.41) is 10.6. The third-order valence-electron chi connectivity index (χ3n) is 4.01. The van der Waals surface area contributed by atoms with Crippen molar-refractivity contribution >= 4 is 15.9 Å². The molecule has 0 aromatic heterocycles. The topological polar surface area (TPSA) is 29.5 Å². The van der Waals surface area contributed by atoms with Gasteiger partial charge in [0, 0.05) is 0 Å². The maximum atomic E-state index is 10.6. The van der Waals surface area contributed by atoms with Gasteiger partial charge in [-0.3, -0.25) is 0 Å². The summed E-state index contributed by atoms with van der Waals surface area (Å²) in [6.07, 6.45) is 2.93. The van der Waals surface area contributed by atoms with Crippen LogP contribution in [0.15, 0.2) is 40.9 Å². The van der Waals surface area contributed by atoms with E-state index in [2.05, 4.69) is 28.1 Å². The van der Waals surface area contributed by atoms with Gasteiger partial charge in [0.2, 0.25) is 0 Å². The van der Waals surface area contributed by atoms with Gasteiger partial charge >= 0.3 is 0 Å². The van der Waals surface area contributed by atoms with Gasteiger partial charge in [0.05, 0.1) is 11.1 Å². The number of aliphatic hydroxyl groups is 1. The molecule has 21 heavy (non-hydrogen) atoms. The third-order valence-corrected chi connectivity index (χ3v) is 4.63. The lowest BCUT2D eigenvalue weighted by Gasteiger charge is -2.15. The van der Waals surface area contributed by atoms with Crippen LogP contribution in [0.4, 0.5) is 0 Å². The van der Waals surface area contributed by atoms with Crippen molar-refractivity contribution in [2.75, 3.05) is 6.61 Å². The van der Waals surface area contributed by atoms with E-state index in [1.165, 1.54) is 24.0 Å². The summed E-state index contributed by atoms with van der Waals surface area (Å²) in [5.41, 5.74) is 4.66. The summed E-state index contributed by atoms with van der Waals surface area (Å²) in [6.45, 7) is 2.59. The first kappa shape index (κ1) is 14.6. The highest BCUT2D eigenvalue weighted by Gasteiger charge is 2.16. The zero-order valence-electron chi connectivity index (χ0n) is 12.1. The van der Waals surface area contributed by atoms with Crippen molar-refractivity contribution in [1.82, 2.24) is 0 Å². The first-order chi connectivity index (χ1) is 10.2. The van der Waals surface area contributed by atoms with E-state index in [-0.39, 0.29) is 0 Å². The lowest BCUT2D eigenvalue weighted by atomic mass is 9.98. The van der Waals surface area contributed by atoms with Gasteiger partial charge in [-0.25, -0.2) is 0 Å². The van der Waals surface area contributed by atoms with Gasteiger partial charge in [-0.15, -0.1) is 0 Å². The van der Waals surface area contributed by atoms with Crippen LogP contribution in [0.25, 0.3) is 0 Å². The van der Waals surface area contributed by atoms with E-state index in [1.807, 2.05) is 31.2 Å². The second-order valence-corrected chi connectivity index (χ2v) is 6.26. The fraction of sp³-hybridized carbons (Fsp3) is 0.333. The van der Waals surface area contributed by atoms with Crippen LogP contribution in [0.2, 0.25) is 0 Å². The third kappa shape index (κ3) is 2.99. The molecule has 0 heterocycles. The molecule has 3 heteroatoms. The smallest absolute Gasteiger partial charge is 0.133 e. The molecule has 1 N–H and O–H groups in total. The number of aryl methyl sites for hydroxylation is 2. The average Bonchev–Trinajstić information content (AvgIpc) is 2.96. The van der Waals surface area contributed by atoms with Gasteiger partial charge in [-0.1, -0.05) is 24.3 Å². The van der Waals surface area contributed by atoms with Crippen LogP contribution in [0.1, 0.15) is 41.7 Å². The molecule has 0 bridgehead atoms. The molecular weight excluding hydrogens is 328 g/mol. The highest BCUT2D eigenvalue weighted by molar-refractivity contribution is 9.10. The molecule has 1 aliphatic carbocycles. The van der Waals surface area contributed by atoms with Crippen molar-refractivity contribution in [2.24, 2.45) is 0 Å². The molecule has 0 saturated carbocycles. The van der Waals surface area contributed by atoms with Crippen LogP contribution < -0.4 is 4.74 Å². The molecule has 0 amide bonds. The van der Waals surface area contributed by atoms with Crippen LogP contribution in [0.5, 0.6) is 5.75 Å². The molecule has 2 nitrogen and oxygen atoms in total. The Morgan fingerprint density at radius 2 is 1.81 bits per heavy atom. The fourth-order valence-electron chi connectivity index (χ4n) is 2.91. The molecule has 0 fully saturated rings. The molecule has 0 aliphatic heterocycles. The lowest BCUT2D eigenvalue weighted by molar-refractivity contribution is 0.220. The Hall–Kier alpha value is -1.32. The second-order valence-electron chi connectivity index (χ2n) is 5.41. The van der Waals surface area contributed by atoms with Crippen molar-refractivity contribution in [3.63, 3.8) is 0 Å². The van der Waals surface area contributed by atoms with Crippen LogP contribution in [-0.4, -0.2) is 11.7 Å². The van der Waals surface area contributed by atoms with Crippen LogP contribution in [0, 0.1) is 0 Å². The Balaban J connectivity index is 1.88. The first-order valence-electron chi connectivity index (χ1n) is 7.41. The molecular formula is C18H19BrO2. The van der Waals surface area contributed by atoms with E-state index in [0.29, 0.717) is 6.61 Å². The molecule has 3 rings (SSSR count). The van der Waals surface area contributed by atoms with E-state index in [4.69, 9.17) is 4.74 Å². The largest absolute Gasteiger partial charge is 0.493 e. The Morgan fingerprint density at radius 1 is 1.10 bits per heavy atom. The van der Waals surface area contributed by atoms with Crippen molar-refractivity contribution in [3.8, 4) is 5.75 Å². The standard InChI is InChI=1S/C18H19BrO2/c1-2-21-17-9-8-15(11-16(17)19)18(20)14-7-6-12-4-3-5-13(12)10-14/h6-11,18,20H,2-5H2,1H3. The highest BCUT2D eigenvalue weighted by Crippen LogP contribution is 2.32. The van der Waals surface area contributed by atoms with Crippen molar-refractivity contribution in [1.29, 1.82) is 0 Å². The van der Waals surface area contributed by atoms with Gasteiger partial charge in [0.1, 0.15) is 11.9 Å². The molecule has 0 saturated heterocycles. The summed E-state index contributed by atoms with van der Waals surface area (Å²) in [7, 11) is 0. The number of hydrogen-bond donors (Lipinski definition) is 1. The maximum Gasteiger partial charge on any atom is 0.133 e. The zero-order valence-corrected chi connectivity index (χ0v) is 13.7. The predicted molar refractivity (Wildman–Crippen MR) is 87.8 cm³/mol. The van der Waals surface area contributed by atoms with E-state index in [1.54, 1.807) is 0 Å². The van der Waals surface area contributed by atoms with E-state index >= 15 is 0 Å². The number of benzene rings is 2. The number of ether oxygens (including phenoxy) is 1. The van der Waals surface area contributed by atoms with Crippen LogP contribution in [-0.2, 0) is 12.8 Å². The van der Waals surface area contributed by atoms with Crippen LogP contribution in [0.3, 0.4) is 0 Å². The number of fused-ring (bicyclic) bond motifs is 1. The molecule has 1 aliphatic rings. The summed E-state index contributed by atoms with van der Waals surface area (Å²) in [5.74, 6) is 0.808. The van der Waals surface area contributed by atoms with E-state index in [9.17, 15) is 5.11 Å². The Bertz CT molecular complexity index is 652. The predicted octanol–water partition coefficient (Wildman–Crippen LogP) is 4.42. The quantitative estimate of drug-likeness (QED) is 0.887. The van der Waals surface area contributed by atoms with Gasteiger partial charge in [-0.05, 0) is 76.5 Å². The molecule has 2 aromatic carbocycles. The first-order valence-corrected chi connectivity index (χ1v) is 8.20. The second kappa shape index (κ2) is 6.20. The SMILES string of the molecule is CCOc1ccc(C(O)c2ccc3c(c2)CCC3)cc1Br. The molecule has 1 atom stereocenters. The number of hydrogen-bond acceptors (Lipinski definition) is 2. The summed E-state index contributed by atoms with van der Waals surface area (Å²) < 4.78 is 6.39. The molecule has 0 spiro atoms. The van der Waals surface area contributed by atoms with E-state index in [0.717, 1.165) is 27.8 Å². The molecule has 2 aromatic rings. The minimum atomic E-state index is -0.595. The summed E-state index contributed by atoms with van der Waals surface area (Å²) >= 11 is 3.50. The number of rotatable bonds is 4. The van der Waals surface area contributed by atoms with E-state index < -0.39 is 6.10 Å². The number of halogens is 1. The normalized spacial score (nSPS) is 14.8. The summed E-state index contributed by atoms with van der Waals surface area (Å²) in [6, 6.07) is 12.1. The van der Waals surface area contributed by atoms with Crippen molar-refractivity contribution in [3.05, 3.63) is 63.1 Å². The van der Waals surface area contributed by atoms with Crippen LogP contribution >= 0.6 is 15.9 Å². The number of aliphatic hydroxyl groups excluding tert-OH is 1. The monoisotopic (exact) mass is 346 g/mol.